The van der Waals surface area contributed by atoms with Crippen LogP contribution in [0.1, 0.15) is 29.6 Å². The molecule has 0 aliphatic carbocycles. The average molecular weight is 278 g/mol. The third-order valence-electron chi connectivity index (χ3n) is 3.70. The van der Waals surface area contributed by atoms with E-state index in [4.69, 9.17) is 4.74 Å². The Bertz CT molecular complexity index is 456. The van der Waals surface area contributed by atoms with E-state index in [1.807, 2.05) is 0 Å². The van der Waals surface area contributed by atoms with E-state index in [1.165, 1.54) is 20.0 Å². The van der Waals surface area contributed by atoms with Gasteiger partial charge in [-0.15, -0.1) is 0 Å². The van der Waals surface area contributed by atoms with Crippen LogP contribution < -0.4 is 15.4 Å². The summed E-state index contributed by atoms with van der Waals surface area (Å²) in [6.45, 7) is 2.75. The third kappa shape index (κ3) is 3.63. The van der Waals surface area contributed by atoms with Crippen LogP contribution in [0.5, 0.6) is 11.5 Å². The average Bonchev–Trinajstić information content (AvgIpc) is 2.48. The SMILES string of the molecule is COc1cccc(C(=O)NCCC2CCCNC2)c1O. The predicted molar refractivity (Wildman–Crippen MR) is 77.2 cm³/mol. The number of piperidine rings is 1. The molecule has 5 nitrogen and oxygen atoms in total. The van der Waals surface area contributed by atoms with Gasteiger partial charge in [-0.05, 0) is 50.4 Å². The van der Waals surface area contributed by atoms with Gasteiger partial charge >= 0.3 is 0 Å². The number of methoxy groups -OCH3 is 1. The maximum atomic E-state index is 12.0. The highest BCUT2D eigenvalue weighted by Gasteiger charge is 2.16. The van der Waals surface area contributed by atoms with Gasteiger partial charge in [0.15, 0.2) is 11.5 Å². The highest BCUT2D eigenvalue weighted by molar-refractivity contribution is 5.97. The van der Waals surface area contributed by atoms with E-state index >= 15 is 0 Å². The first kappa shape index (κ1) is 14.7. The van der Waals surface area contributed by atoms with Gasteiger partial charge in [0.1, 0.15) is 0 Å². The normalized spacial score (nSPS) is 18.6. The van der Waals surface area contributed by atoms with E-state index in [-0.39, 0.29) is 17.2 Å². The lowest BCUT2D eigenvalue weighted by atomic mass is 9.96. The molecule has 20 heavy (non-hydrogen) atoms. The van der Waals surface area contributed by atoms with Crippen LogP contribution in [0, 0.1) is 5.92 Å². The van der Waals surface area contributed by atoms with E-state index in [0.29, 0.717) is 18.2 Å². The molecule has 2 rings (SSSR count). The molecular formula is C15H22N2O3. The molecule has 5 heteroatoms. The van der Waals surface area contributed by atoms with Gasteiger partial charge < -0.3 is 20.5 Å². The Morgan fingerprint density at radius 1 is 1.55 bits per heavy atom. The molecule has 1 aromatic rings. The number of benzene rings is 1. The smallest absolute Gasteiger partial charge is 0.255 e. The molecule has 1 aromatic carbocycles. The van der Waals surface area contributed by atoms with Gasteiger partial charge in [-0.2, -0.15) is 0 Å². The first-order valence-corrected chi connectivity index (χ1v) is 7.07. The summed E-state index contributed by atoms with van der Waals surface area (Å²) < 4.78 is 5.00. The number of hydrogen-bond donors (Lipinski definition) is 3. The molecular weight excluding hydrogens is 256 g/mol. The lowest BCUT2D eigenvalue weighted by molar-refractivity contribution is 0.0947. The van der Waals surface area contributed by atoms with Gasteiger partial charge in [0.25, 0.3) is 5.91 Å². The van der Waals surface area contributed by atoms with Crippen molar-refractivity contribution in [3.63, 3.8) is 0 Å². The zero-order chi connectivity index (χ0) is 14.4. The molecule has 0 aromatic heterocycles. The van der Waals surface area contributed by atoms with Crippen LogP contribution >= 0.6 is 0 Å². The number of carbonyl (C=O) groups is 1. The fourth-order valence-corrected chi connectivity index (χ4v) is 2.53. The van der Waals surface area contributed by atoms with E-state index in [0.717, 1.165) is 19.5 Å². The second-order valence-corrected chi connectivity index (χ2v) is 5.11. The number of ether oxygens (including phenoxy) is 1. The van der Waals surface area contributed by atoms with E-state index in [1.54, 1.807) is 18.2 Å². The molecule has 1 heterocycles. The minimum absolute atomic E-state index is 0.105. The number of para-hydroxylation sites is 1. The summed E-state index contributed by atoms with van der Waals surface area (Å²) in [7, 11) is 1.47. The highest BCUT2D eigenvalue weighted by Crippen LogP contribution is 2.29. The van der Waals surface area contributed by atoms with Crippen molar-refractivity contribution in [1.29, 1.82) is 0 Å². The monoisotopic (exact) mass is 278 g/mol. The number of aromatic hydroxyl groups is 1. The van der Waals surface area contributed by atoms with Gasteiger partial charge in [-0.3, -0.25) is 4.79 Å². The van der Waals surface area contributed by atoms with Gasteiger partial charge in [0.2, 0.25) is 0 Å². The molecule has 1 aliphatic rings. The Balaban J connectivity index is 1.85. The number of nitrogens with one attached hydrogen (secondary N) is 2. The number of phenols is 1. The minimum atomic E-state index is -0.259. The summed E-state index contributed by atoms with van der Waals surface area (Å²) >= 11 is 0. The van der Waals surface area contributed by atoms with E-state index in [2.05, 4.69) is 10.6 Å². The molecule has 1 atom stereocenters. The van der Waals surface area contributed by atoms with Crippen LogP contribution in [0.3, 0.4) is 0 Å². The summed E-state index contributed by atoms with van der Waals surface area (Å²) in [6.07, 6.45) is 3.38. The summed E-state index contributed by atoms with van der Waals surface area (Å²) in [5.74, 6) is 0.578. The van der Waals surface area contributed by atoms with Crippen molar-refractivity contribution in [2.24, 2.45) is 5.92 Å². The fraction of sp³-hybridized carbons (Fsp3) is 0.533. The summed E-state index contributed by atoms with van der Waals surface area (Å²) in [4.78, 5) is 12.0. The number of rotatable bonds is 5. The van der Waals surface area contributed by atoms with E-state index in [9.17, 15) is 9.90 Å². The number of carbonyl (C=O) groups excluding carboxylic acids is 1. The first-order valence-electron chi connectivity index (χ1n) is 7.07. The van der Waals surface area contributed by atoms with E-state index < -0.39 is 0 Å². The maximum Gasteiger partial charge on any atom is 0.255 e. The number of phenolic OH excluding ortho intramolecular Hbond substituents is 1. The van der Waals surface area contributed by atoms with Crippen LogP contribution in [-0.4, -0.2) is 37.8 Å². The van der Waals surface area contributed by atoms with Gasteiger partial charge in [0.05, 0.1) is 12.7 Å². The molecule has 3 N–H and O–H groups in total. The molecule has 1 saturated heterocycles. The largest absolute Gasteiger partial charge is 0.504 e. The Kier molecular flexibility index (Phi) is 5.24. The zero-order valence-corrected chi connectivity index (χ0v) is 11.8. The summed E-state index contributed by atoms with van der Waals surface area (Å²) in [5.41, 5.74) is 0.256. The Morgan fingerprint density at radius 2 is 2.40 bits per heavy atom. The van der Waals surface area contributed by atoms with Crippen LogP contribution in [0.25, 0.3) is 0 Å². The van der Waals surface area contributed by atoms with Crippen molar-refractivity contribution in [1.82, 2.24) is 10.6 Å². The molecule has 1 amide bonds. The summed E-state index contributed by atoms with van der Waals surface area (Å²) in [6, 6.07) is 4.91. The molecule has 0 radical (unpaired) electrons. The van der Waals surface area contributed by atoms with Crippen LogP contribution in [-0.2, 0) is 0 Å². The lowest BCUT2D eigenvalue weighted by Gasteiger charge is -2.22. The first-order chi connectivity index (χ1) is 9.72. The van der Waals surface area contributed by atoms with Crippen molar-refractivity contribution in [2.45, 2.75) is 19.3 Å². The topological polar surface area (TPSA) is 70.6 Å². The molecule has 0 spiro atoms. The van der Waals surface area contributed by atoms with Crippen LogP contribution in [0.2, 0.25) is 0 Å². The molecule has 1 aliphatic heterocycles. The van der Waals surface area contributed by atoms with Gasteiger partial charge in [-0.1, -0.05) is 6.07 Å². The number of hydrogen-bond acceptors (Lipinski definition) is 4. The summed E-state index contributed by atoms with van der Waals surface area (Å²) in [5, 5.41) is 16.1. The third-order valence-corrected chi connectivity index (χ3v) is 3.70. The molecule has 1 fully saturated rings. The van der Waals surface area contributed by atoms with Crippen molar-refractivity contribution in [3.05, 3.63) is 23.8 Å². The van der Waals surface area contributed by atoms with Crippen molar-refractivity contribution < 1.29 is 14.6 Å². The van der Waals surface area contributed by atoms with Crippen molar-refractivity contribution in [3.8, 4) is 11.5 Å². The second-order valence-electron chi connectivity index (χ2n) is 5.11. The molecule has 0 bridgehead atoms. The van der Waals surface area contributed by atoms with Crippen LogP contribution in [0.15, 0.2) is 18.2 Å². The van der Waals surface area contributed by atoms with Crippen LogP contribution in [0.4, 0.5) is 0 Å². The van der Waals surface area contributed by atoms with Gasteiger partial charge in [-0.25, -0.2) is 0 Å². The molecule has 0 saturated carbocycles. The minimum Gasteiger partial charge on any atom is -0.504 e. The Morgan fingerprint density at radius 3 is 3.10 bits per heavy atom. The second kappa shape index (κ2) is 7.14. The Hall–Kier alpha value is -1.75. The maximum absolute atomic E-state index is 12.0. The number of amides is 1. The zero-order valence-electron chi connectivity index (χ0n) is 11.8. The highest BCUT2D eigenvalue weighted by atomic mass is 16.5. The predicted octanol–water partition coefficient (Wildman–Crippen LogP) is 1.52. The van der Waals surface area contributed by atoms with Gasteiger partial charge in [0, 0.05) is 6.54 Å². The standard InChI is InChI=1S/C15H22N2O3/c1-20-13-6-2-5-12(14(13)18)15(19)17-9-7-11-4-3-8-16-10-11/h2,5-6,11,16,18H,3-4,7-10H2,1H3,(H,17,19). The van der Waals surface area contributed by atoms with Crippen molar-refractivity contribution in [2.75, 3.05) is 26.7 Å². The Labute approximate surface area is 119 Å². The molecule has 110 valence electrons. The lowest BCUT2D eigenvalue weighted by Crippen LogP contribution is -2.33. The molecule has 1 unspecified atom stereocenters. The fourth-order valence-electron chi connectivity index (χ4n) is 2.53. The quantitative estimate of drug-likeness (QED) is 0.764. The van der Waals surface area contributed by atoms with Crippen molar-refractivity contribution >= 4 is 5.91 Å².